The van der Waals surface area contributed by atoms with Crippen LogP contribution in [0.4, 0.5) is 0 Å². The molecule has 2 rings (SSSR count). The predicted molar refractivity (Wildman–Crippen MR) is 99.9 cm³/mol. The zero-order chi connectivity index (χ0) is 20.1. The molecule has 0 spiro atoms. The Kier molecular flexibility index (Phi) is 6.34. The second kappa shape index (κ2) is 8.49. The summed E-state index contributed by atoms with van der Waals surface area (Å²) in [6.07, 6.45) is 4.21. The van der Waals surface area contributed by atoms with Crippen LogP contribution in [0.15, 0.2) is 48.1 Å². The average molecular weight is 370 g/mol. The van der Waals surface area contributed by atoms with E-state index in [1.54, 1.807) is 12.2 Å². The number of benzene rings is 1. The maximum absolute atomic E-state index is 12.9. The summed E-state index contributed by atoms with van der Waals surface area (Å²) in [5, 5.41) is 19.9. The molecule has 142 valence electrons. The summed E-state index contributed by atoms with van der Waals surface area (Å²) in [5.74, 6) is -2.60. The fraction of sp³-hybridized carbons (Fsp3) is 0.286. The number of aromatic hydroxyl groups is 2. The standard InChI is InChI=1S/C21H22O6/c1-4-5-6-18(25)27-17(10-7-12(2)3)13-11-16(24)19-14(22)8-9-15(23)20(19)21(13)26/h4,7-9,11,17,22-23H,1,5-6,10H2,2-3H3. The normalized spacial score (nSPS) is 14.1. The molecule has 0 saturated heterocycles. The second-order valence-electron chi connectivity index (χ2n) is 6.47. The maximum atomic E-state index is 12.9. The van der Waals surface area contributed by atoms with Gasteiger partial charge in [-0.2, -0.15) is 0 Å². The first kappa shape index (κ1) is 20.2. The number of esters is 1. The molecule has 0 bridgehead atoms. The molecule has 1 aromatic carbocycles. The van der Waals surface area contributed by atoms with E-state index in [1.807, 2.05) is 13.8 Å². The van der Waals surface area contributed by atoms with Gasteiger partial charge < -0.3 is 14.9 Å². The highest BCUT2D eigenvalue weighted by atomic mass is 16.5. The molecule has 0 heterocycles. The van der Waals surface area contributed by atoms with Crippen LogP contribution in [0.25, 0.3) is 0 Å². The Labute approximate surface area is 157 Å². The summed E-state index contributed by atoms with van der Waals surface area (Å²) < 4.78 is 5.43. The first-order chi connectivity index (χ1) is 12.8. The van der Waals surface area contributed by atoms with Crippen molar-refractivity contribution in [3.8, 4) is 11.5 Å². The van der Waals surface area contributed by atoms with Crippen molar-refractivity contribution in [3.05, 3.63) is 59.2 Å². The van der Waals surface area contributed by atoms with Gasteiger partial charge in [0.1, 0.15) is 17.6 Å². The fourth-order valence-electron chi connectivity index (χ4n) is 2.74. The Morgan fingerprint density at radius 1 is 1.19 bits per heavy atom. The van der Waals surface area contributed by atoms with E-state index < -0.39 is 29.4 Å². The van der Waals surface area contributed by atoms with E-state index in [1.165, 1.54) is 0 Å². The number of carbonyl (C=O) groups excluding carboxylic acids is 3. The third-order valence-corrected chi connectivity index (χ3v) is 4.10. The molecule has 27 heavy (non-hydrogen) atoms. The number of fused-ring (bicyclic) bond motifs is 1. The molecule has 1 unspecified atom stereocenters. The Bertz CT molecular complexity index is 856. The van der Waals surface area contributed by atoms with Crippen LogP contribution in [0, 0.1) is 0 Å². The van der Waals surface area contributed by atoms with Crippen molar-refractivity contribution < 1.29 is 29.3 Å². The number of carbonyl (C=O) groups is 3. The molecule has 0 radical (unpaired) electrons. The van der Waals surface area contributed by atoms with Crippen LogP contribution in [0.3, 0.4) is 0 Å². The zero-order valence-electron chi connectivity index (χ0n) is 15.3. The molecule has 0 saturated carbocycles. The molecular formula is C21H22O6. The lowest BCUT2D eigenvalue weighted by atomic mass is 9.85. The lowest BCUT2D eigenvalue weighted by Gasteiger charge is -2.23. The quantitative estimate of drug-likeness (QED) is 0.432. The molecule has 1 aromatic rings. The van der Waals surface area contributed by atoms with Gasteiger partial charge in [0.15, 0.2) is 11.6 Å². The van der Waals surface area contributed by atoms with E-state index in [9.17, 15) is 24.6 Å². The van der Waals surface area contributed by atoms with Crippen molar-refractivity contribution >= 4 is 17.5 Å². The van der Waals surface area contributed by atoms with E-state index in [0.29, 0.717) is 6.42 Å². The summed E-state index contributed by atoms with van der Waals surface area (Å²) in [7, 11) is 0. The SMILES string of the molecule is C=CCCC(=O)OC(CC=C(C)C)C1=CC(=O)c2c(O)ccc(O)c2C1=O. The van der Waals surface area contributed by atoms with E-state index >= 15 is 0 Å². The van der Waals surface area contributed by atoms with Crippen LogP contribution >= 0.6 is 0 Å². The number of ether oxygens (including phenoxy) is 1. The van der Waals surface area contributed by atoms with Gasteiger partial charge in [-0.15, -0.1) is 6.58 Å². The van der Waals surface area contributed by atoms with Crippen LogP contribution < -0.4 is 0 Å². The highest BCUT2D eigenvalue weighted by Gasteiger charge is 2.35. The number of rotatable bonds is 7. The van der Waals surface area contributed by atoms with Gasteiger partial charge in [-0.3, -0.25) is 14.4 Å². The number of Topliss-reactive ketones (excluding diaryl/α,β-unsaturated/α-hetero) is 1. The molecule has 1 aliphatic rings. The molecule has 6 heteroatoms. The second-order valence-corrected chi connectivity index (χ2v) is 6.47. The van der Waals surface area contributed by atoms with Crippen molar-refractivity contribution in [2.45, 2.75) is 39.2 Å². The van der Waals surface area contributed by atoms with Crippen LogP contribution in [-0.4, -0.2) is 33.9 Å². The lowest BCUT2D eigenvalue weighted by molar-refractivity contribution is -0.147. The number of ketones is 2. The minimum absolute atomic E-state index is 0.0298. The van der Waals surface area contributed by atoms with Gasteiger partial charge in [0.2, 0.25) is 0 Å². The van der Waals surface area contributed by atoms with E-state index in [2.05, 4.69) is 6.58 Å². The third-order valence-electron chi connectivity index (χ3n) is 4.10. The minimum atomic E-state index is -0.969. The number of allylic oxidation sites excluding steroid dienone is 3. The highest BCUT2D eigenvalue weighted by Crippen LogP contribution is 2.36. The molecule has 0 aliphatic heterocycles. The van der Waals surface area contributed by atoms with Crippen LogP contribution in [-0.2, 0) is 9.53 Å². The first-order valence-corrected chi connectivity index (χ1v) is 8.55. The fourth-order valence-corrected chi connectivity index (χ4v) is 2.74. The predicted octanol–water partition coefficient (Wildman–Crippen LogP) is 3.64. The van der Waals surface area contributed by atoms with Gasteiger partial charge in [0.05, 0.1) is 11.1 Å². The number of phenols is 2. The topological polar surface area (TPSA) is 101 Å². The lowest BCUT2D eigenvalue weighted by Crippen LogP contribution is -2.29. The minimum Gasteiger partial charge on any atom is -0.507 e. The monoisotopic (exact) mass is 370 g/mol. The Morgan fingerprint density at radius 3 is 2.41 bits per heavy atom. The van der Waals surface area contributed by atoms with Gasteiger partial charge in [0.25, 0.3) is 0 Å². The van der Waals surface area contributed by atoms with Crippen LogP contribution in [0.2, 0.25) is 0 Å². The van der Waals surface area contributed by atoms with Gasteiger partial charge in [-0.05, 0) is 38.5 Å². The smallest absolute Gasteiger partial charge is 0.306 e. The zero-order valence-corrected chi connectivity index (χ0v) is 15.3. The molecule has 6 nitrogen and oxygen atoms in total. The maximum Gasteiger partial charge on any atom is 0.306 e. The van der Waals surface area contributed by atoms with Gasteiger partial charge >= 0.3 is 5.97 Å². The van der Waals surface area contributed by atoms with Crippen molar-refractivity contribution in [2.24, 2.45) is 0 Å². The largest absolute Gasteiger partial charge is 0.507 e. The van der Waals surface area contributed by atoms with Gasteiger partial charge in [0, 0.05) is 18.4 Å². The van der Waals surface area contributed by atoms with E-state index in [4.69, 9.17) is 4.74 Å². The molecular weight excluding hydrogens is 348 g/mol. The summed E-state index contributed by atoms with van der Waals surface area (Å²) in [4.78, 5) is 37.4. The Balaban J connectivity index is 2.43. The first-order valence-electron chi connectivity index (χ1n) is 8.55. The summed E-state index contributed by atoms with van der Waals surface area (Å²) in [6.45, 7) is 7.27. The highest BCUT2D eigenvalue weighted by molar-refractivity contribution is 6.27. The average Bonchev–Trinajstić information content (AvgIpc) is 2.61. The van der Waals surface area contributed by atoms with Crippen LogP contribution in [0.5, 0.6) is 11.5 Å². The molecule has 0 amide bonds. The van der Waals surface area contributed by atoms with Crippen molar-refractivity contribution in [3.63, 3.8) is 0 Å². The summed E-state index contributed by atoms with van der Waals surface area (Å²) in [5.41, 5.74) is 0.403. The Morgan fingerprint density at radius 2 is 1.81 bits per heavy atom. The van der Waals surface area contributed by atoms with E-state index in [-0.39, 0.29) is 35.3 Å². The summed E-state index contributed by atoms with van der Waals surface area (Å²) in [6, 6.07) is 2.29. The molecule has 0 fully saturated rings. The number of hydrogen-bond donors (Lipinski definition) is 2. The third kappa shape index (κ3) is 4.53. The van der Waals surface area contributed by atoms with Crippen LogP contribution in [0.1, 0.15) is 53.8 Å². The van der Waals surface area contributed by atoms with E-state index in [0.717, 1.165) is 23.8 Å². The Hall–Kier alpha value is -3.15. The number of phenolic OH excluding ortho intramolecular Hbond substituents is 2. The van der Waals surface area contributed by atoms with Crippen molar-refractivity contribution in [2.75, 3.05) is 0 Å². The van der Waals surface area contributed by atoms with Crippen molar-refractivity contribution in [1.82, 2.24) is 0 Å². The molecule has 2 N–H and O–H groups in total. The molecule has 1 aliphatic carbocycles. The number of hydrogen-bond acceptors (Lipinski definition) is 6. The van der Waals surface area contributed by atoms with Gasteiger partial charge in [-0.1, -0.05) is 17.7 Å². The molecule has 0 aromatic heterocycles. The van der Waals surface area contributed by atoms with Crippen molar-refractivity contribution in [1.29, 1.82) is 0 Å². The van der Waals surface area contributed by atoms with Gasteiger partial charge in [-0.25, -0.2) is 0 Å². The molecule has 1 atom stereocenters. The summed E-state index contributed by atoms with van der Waals surface area (Å²) >= 11 is 0.